The van der Waals surface area contributed by atoms with E-state index in [1.54, 1.807) is 22.2 Å². The van der Waals surface area contributed by atoms with E-state index < -0.39 is 0 Å². The summed E-state index contributed by atoms with van der Waals surface area (Å²) in [6.45, 7) is 4.39. The number of fused-ring (bicyclic) bond motifs is 3. The van der Waals surface area contributed by atoms with Crippen molar-refractivity contribution in [3.05, 3.63) is 27.1 Å². The van der Waals surface area contributed by atoms with Gasteiger partial charge in [-0.15, -0.1) is 11.3 Å². The maximum Gasteiger partial charge on any atom is 0.262 e. The van der Waals surface area contributed by atoms with E-state index in [4.69, 9.17) is 0 Å². The van der Waals surface area contributed by atoms with Crippen LogP contribution in [0.4, 0.5) is 0 Å². The lowest BCUT2D eigenvalue weighted by atomic mass is 9.95. The third kappa shape index (κ3) is 3.42. The van der Waals surface area contributed by atoms with Gasteiger partial charge in [0, 0.05) is 30.4 Å². The highest BCUT2D eigenvalue weighted by Crippen LogP contribution is 2.33. The largest absolute Gasteiger partial charge is 0.352 e. The van der Waals surface area contributed by atoms with Crippen molar-refractivity contribution in [2.24, 2.45) is 5.92 Å². The number of carbonyl (C=O) groups is 1. The second-order valence-corrected chi connectivity index (χ2v) is 8.61. The van der Waals surface area contributed by atoms with Crippen LogP contribution in [0.5, 0.6) is 0 Å². The van der Waals surface area contributed by atoms with E-state index in [0.717, 1.165) is 49.0 Å². The predicted octanol–water partition coefficient (Wildman–Crippen LogP) is 1.84. The van der Waals surface area contributed by atoms with Crippen LogP contribution in [-0.4, -0.2) is 34.6 Å². The fraction of sp³-hybridized carbons (Fsp3) is 0.632. The minimum Gasteiger partial charge on any atom is -0.352 e. The number of thiophene rings is 1. The molecule has 0 radical (unpaired) electrons. The van der Waals surface area contributed by atoms with Crippen LogP contribution in [0.3, 0.4) is 0 Å². The number of carbonyl (C=O) groups excluding carboxylic acids is 1. The highest BCUT2D eigenvalue weighted by molar-refractivity contribution is 7.18. The van der Waals surface area contributed by atoms with Crippen LogP contribution >= 0.6 is 11.3 Å². The molecule has 2 N–H and O–H groups in total. The molecule has 0 aromatic carbocycles. The molecule has 1 amide bonds. The lowest BCUT2D eigenvalue weighted by Crippen LogP contribution is -2.50. The van der Waals surface area contributed by atoms with Crippen LogP contribution in [0.15, 0.2) is 11.1 Å². The summed E-state index contributed by atoms with van der Waals surface area (Å²) in [7, 11) is 0. The van der Waals surface area contributed by atoms with Crippen molar-refractivity contribution < 1.29 is 4.79 Å². The van der Waals surface area contributed by atoms with E-state index in [9.17, 15) is 9.59 Å². The van der Waals surface area contributed by atoms with Gasteiger partial charge in [0.05, 0.1) is 11.7 Å². The Labute approximate surface area is 157 Å². The van der Waals surface area contributed by atoms with Gasteiger partial charge in [0.15, 0.2) is 0 Å². The van der Waals surface area contributed by atoms with Crippen LogP contribution in [0.1, 0.15) is 43.0 Å². The summed E-state index contributed by atoms with van der Waals surface area (Å²) in [5.74, 6) is 0.489. The number of amides is 1. The number of hydrogen-bond donors (Lipinski definition) is 2. The summed E-state index contributed by atoms with van der Waals surface area (Å²) in [5, 5.41) is 7.22. The standard InChI is InChI=1S/C19H26N4O2S/c1-12-6-8-20-10-14(12)22-16(24)7-9-23-11-21-18-17(19(23)25)13-4-2-3-5-15(13)26-18/h11-12,14,20H,2-10H2,1H3,(H,22,24). The first kappa shape index (κ1) is 17.7. The van der Waals surface area contributed by atoms with Gasteiger partial charge >= 0.3 is 0 Å². The second-order valence-electron chi connectivity index (χ2n) is 7.53. The van der Waals surface area contributed by atoms with Gasteiger partial charge in [-0.3, -0.25) is 14.2 Å². The zero-order valence-corrected chi connectivity index (χ0v) is 16.0. The molecule has 2 aromatic rings. The number of nitrogens with one attached hydrogen (secondary N) is 2. The Morgan fingerprint density at radius 1 is 1.42 bits per heavy atom. The summed E-state index contributed by atoms with van der Waals surface area (Å²) in [5.41, 5.74) is 1.21. The number of nitrogens with zero attached hydrogens (tertiary/aromatic N) is 2. The van der Waals surface area contributed by atoms with Crippen molar-refractivity contribution in [2.45, 2.75) is 58.0 Å². The molecule has 0 saturated carbocycles. The van der Waals surface area contributed by atoms with Gasteiger partial charge in [0.2, 0.25) is 5.91 Å². The zero-order chi connectivity index (χ0) is 18.1. The van der Waals surface area contributed by atoms with Crippen LogP contribution in [0, 0.1) is 5.92 Å². The number of hydrogen-bond acceptors (Lipinski definition) is 5. The summed E-state index contributed by atoms with van der Waals surface area (Å²) in [6, 6.07) is 0.178. The molecule has 6 nitrogen and oxygen atoms in total. The van der Waals surface area contributed by atoms with E-state index in [0.29, 0.717) is 18.9 Å². The summed E-state index contributed by atoms with van der Waals surface area (Å²) < 4.78 is 1.60. The van der Waals surface area contributed by atoms with Crippen LogP contribution in [-0.2, 0) is 24.2 Å². The minimum absolute atomic E-state index is 0.00453. The van der Waals surface area contributed by atoms with Crippen LogP contribution in [0.25, 0.3) is 10.2 Å². The third-order valence-electron chi connectivity index (χ3n) is 5.70. The molecule has 26 heavy (non-hydrogen) atoms. The highest BCUT2D eigenvalue weighted by Gasteiger charge is 2.23. The van der Waals surface area contributed by atoms with E-state index in [-0.39, 0.29) is 17.5 Å². The molecule has 3 heterocycles. The monoisotopic (exact) mass is 374 g/mol. The van der Waals surface area contributed by atoms with Crippen molar-refractivity contribution in [1.29, 1.82) is 0 Å². The molecule has 1 aliphatic carbocycles. The zero-order valence-electron chi connectivity index (χ0n) is 15.2. The topological polar surface area (TPSA) is 76.0 Å². The smallest absolute Gasteiger partial charge is 0.262 e. The number of rotatable bonds is 4. The van der Waals surface area contributed by atoms with E-state index >= 15 is 0 Å². The highest BCUT2D eigenvalue weighted by atomic mass is 32.1. The maximum absolute atomic E-state index is 12.9. The Morgan fingerprint density at radius 2 is 2.27 bits per heavy atom. The van der Waals surface area contributed by atoms with Crippen molar-refractivity contribution in [2.75, 3.05) is 13.1 Å². The molecular formula is C19H26N4O2S. The van der Waals surface area contributed by atoms with Crippen LogP contribution < -0.4 is 16.2 Å². The SMILES string of the molecule is CC1CCNCC1NC(=O)CCn1cnc2sc3c(c2c1=O)CCCC3. The summed E-state index contributed by atoms with van der Waals surface area (Å²) >= 11 is 1.66. The fourth-order valence-electron chi connectivity index (χ4n) is 4.02. The van der Waals surface area contributed by atoms with Gasteiger partial charge in [-0.05, 0) is 50.1 Å². The number of aromatic nitrogens is 2. The number of piperidine rings is 1. The summed E-state index contributed by atoms with van der Waals surface area (Å²) in [4.78, 5) is 31.9. The lowest BCUT2D eigenvalue weighted by Gasteiger charge is -2.30. The average Bonchev–Trinajstić information content (AvgIpc) is 3.02. The van der Waals surface area contributed by atoms with Crippen molar-refractivity contribution >= 4 is 27.5 Å². The first-order chi connectivity index (χ1) is 12.6. The Morgan fingerprint density at radius 3 is 3.12 bits per heavy atom. The minimum atomic E-state index is 0.00453. The van der Waals surface area contributed by atoms with E-state index in [2.05, 4.69) is 22.5 Å². The quantitative estimate of drug-likeness (QED) is 0.856. The predicted molar refractivity (Wildman–Crippen MR) is 104 cm³/mol. The van der Waals surface area contributed by atoms with Gasteiger partial charge in [-0.1, -0.05) is 6.92 Å². The Hall–Kier alpha value is -1.73. The van der Waals surface area contributed by atoms with Gasteiger partial charge in [-0.2, -0.15) is 0 Å². The second kappa shape index (κ2) is 7.48. The van der Waals surface area contributed by atoms with Gasteiger partial charge < -0.3 is 10.6 Å². The number of aryl methyl sites for hydroxylation is 3. The molecule has 2 unspecified atom stereocenters. The lowest BCUT2D eigenvalue weighted by molar-refractivity contribution is -0.122. The molecule has 0 spiro atoms. The Kier molecular flexibility index (Phi) is 5.09. The molecule has 7 heteroatoms. The van der Waals surface area contributed by atoms with Gasteiger partial charge in [0.1, 0.15) is 4.83 Å². The molecular weight excluding hydrogens is 348 g/mol. The molecule has 2 atom stereocenters. The fourth-order valence-corrected chi connectivity index (χ4v) is 5.24. The average molecular weight is 375 g/mol. The normalized spacial score (nSPS) is 23.0. The molecule has 140 valence electrons. The Bertz CT molecular complexity index is 872. The summed E-state index contributed by atoms with van der Waals surface area (Å²) in [6.07, 6.45) is 7.36. The molecule has 2 aliphatic rings. The molecule has 1 fully saturated rings. The maximum atomic E-state index is 12.9. The first-order valence-electron chi connectivity index (χ1n) is 9.63. The van der Waals surface area contributed by atoms with Crippen molar-refractivity contribution in [3.63, 3.8) is 0 Å². The van der Waals surface area contributed by atoms with Crippen molar-refractivity contribution in [1.82, 2.24) is 20.2 Å². The first-order valence-corrected chi connectivity index (χ1v) is 10.4. The van der Waals surface area contributed by atoms with E-state index in [1.807, 2.05) is 0 Å². The van der Waals surface area contributed by atoms with Crippen molar-refractivity contribution in [3.8, 4) is 0 Å². The van der Waals surface area contributed by atoms with Gasteiger partial charge in [0.25, 0.3) is 5.56 Å². The third-order valence-corrected chi connectivity index (χ3v) is 6.90. The molecule has 1 saturated heterocycles. The van der Waals surface area contributed by atoms with Gasteiger partial charge in [-0.25, -0.2) is 4.98 Å². The van der Waals surface area contributed by atoms with Crippen LogP contribution in [0.2, 0.25) is 0 Å². The Balaban J connectivity index is 1.46. The molecule has 1 aliphatic heterocycles. The molecule has 4 rings (SSSR count). The van der Waals surface area contributed by atoms with E-state index in [1.165, 1.54) is 16.9 Å². The molecule has 2 aromatic heterocycles. The molecule has 0 bridgehead atoms.